The standard InChI is InChI=1S/C32H44N6O6/c1-22-20-36(29(41)44-30(2,3)4)14-8-15-38(22)25-19-24(37-16-13-33-21-37)34-28(35-25)26(39)23-9-7-11-31(27(23)40)10-5-6-12-32(31)42-17-18-43-32/h13,16,19,21-23H,5-12,14-15,17-18,20H2,1-4H3/t22-,23?,31-/m0/s1. The molecule has 1 amide bonds. The van der Waals surface area contributed by atoms with Gasteiger partial charge in [0.2, 0.25) is 11.6 Å². The number of amides is 1. The van der Waals surface area contributed by atoms with Gasteiger partial charge in [0.05, 0.1) is 24.5 Å². The lowest BCUT2D eigenvalue weighted by Gasteiger charge is -2.51. The second kappa shape index (κ2) is 11.8. The number of rotatable bonds is 4. The minimum absolute atomic E-state index is 0.0140. The summed E-state index contributed by atoms with van der Waals surface area (Å²) in [7, 11) is 0. The van der Waals surface area contributed by atoms with E-state index in [2.05, 4.69) is 14.9 Å². The van der Waals surface area contributed by atoms with Crippen LogP contribution in [0.15, 0.2) is 24.8 Å². The SMILES string of the molecule is C[C@H]1CN(C(=O)OC(C)(C)C)CCCN1c1cc(-n2ccnc2)nc(C(=O)C2CCC[C@@]3(CCCCC34OCCO4)C2=O)n1. The minimum Gasteiger partial charge on any atom is -0.444 e. The predicted molar refractivity (Wildman–Crippen MR) is 161 cm³/mol. The summed E-state index contributed by atoms with van der Waals surface area (Å²) in [4.78, 5) is 59.0. The van der Waals surface area contributed by atoms with Gasteiger partial charge in [0, 0.05) is 50.6 Å². The van der Waals surface area contributed by atoms with Crippen molar-refractivity contribution in [3.63, 3.8) is 0 Å². The molecule has 238 valence electrons. The highest BCUT2D eigenvalue weighted by Gasteiger charge is 2.63. The van der Waals surface area contributed by atoms with Crippen LogP contribution in [0.25, 0.3) is 5.82 Å². The van der Waals surface area contributed by atoms with Gasteiger partial charge in [-0.2, -0.15) is 0 Å². The molecule has 2 aliphatic heterocycles. The Bertz CT molecular complexity index is 1380. The van der Waals surface area contributed by atoms with Crippen molar-refractivity contribution in [3.8, 4) is 5.82 Å². The van der Waals surface area contributed by atoms with Gasteiger partial charge in [-0.05, 0) is 59.8 Å². The maximum absolute atomic E-state index is 14.4. The van der Waals surface area contributed by atoms with Crippen LogP contribution in [0.3, 0.4) is 0 Å². The van der Waals surface area contributed by atoms with E-state index in [4.69, 9.17) is 19.2 Å². The van der Waals surface area contributed by atoms with Gasteiger partial charge in [-0.3, -0.25) is 14.2 Å². The molecule has 0 N–H and O–H groups in total. The number of carbonyl (C=O) groups excluding carboxylic acids is 3. The van der Waals surface area contributed by atoms with Gasteiger partial charge in [0.15, 0.2) is 11.6 Å². The summed E-state index contributed by atoms with van der Waals surface area (Å²) in [6.45, 7) is 10.1. The number of ketones is 2. The molecule has 0 radical (unpaired) electrons. The van der Waals surface area contributed by atoms with E-state index < -0.39 is 22.7 Å². The van der Waals surface area contributed by atoms with Crippen LogP contribution in [-0.2, 0) is 19.0 Å². The fourth-order valence-corrected chi connectivity index (χ4v) is 7.52. The van der Waals surface area contributed by atoms with Crippen molar-refractivity contribution in [2.45, 2.75) is 96.5 Å². The molecule has 12 heteroatoms. The highest BCUT2D eigenvalue weighted by atomic mass is 16.7. The van der Waals surface area contributed by atoms with Crippen LogP contribution in [0, 0.1) is 11.3 Å². The van der Waals surface area contributed by atoms with E-state index in [0.29, 0.717) is 76.6 Å². The number of imidazole rings is 1. The van der Waals surface area contributed by atoms with Crippen molar-refractivity contribution < 1.29 is 28.6 Å². The summed E-state index contributed by atoms with van der Waals surface area (Å²) < 4.78 is 19.7. The molecule has 2 saturated carbocycles. The van der Waals surface area contributed by atoms with Gasteiger partial charge >= 0.3 is 6.09 Å². The molecule has 2 aromatic rings. The number of nitrogens with zero attached hydrogens (tertiary/aromatic N) is 6. The van der Waals surface area contributed by atoms with Crippen LogP contribution in [-0.4, -0.2) is 92.4 Å². The average Bonchev–Trinajstić information content (AvgIpc) is 3.66. The molecule has 1 unspecified atom stereocenters. The number of Topliss-reactive ketones (excluding diaryl/α,β-unsaturated/α-hetero) is 2. The van der Waals surface area contributed by atoms with Crippen LogP contribution in [0.1, 0.15) is 89.7 Å². The molecule has 4 fully saturated rings. The Kier molecular flexibility index (Phi) is 8.25. The van der Waals surface area contributed by atoms with Gasteiger partial charge in [-0.1, -0.05) is 12.8 Å². The van der Waals surface area contributed by atoms with E-state index in [9.17, 15) is 14.4 Å². The van der Waals surface area contributed by atoms with Gasteiger partial charge in [-0.25, -0.2) is 19.7 Å². The van der Waals surface area contributed by atoms with Crippen molar-refractivity contribution in [1.82, 2.24) is 24.4 Å². The number of anilines is 1. The van der Waals surface area contributed by atoms with Gasteiger partial charge in [0.25, 0.3) is 0 Å². The zero-order valence-electron chi connectivity index (χ0n) is 26.3. The highest BCUT2D eigenvalue weighted by molar-refractivity contribution is 6.11. The molecule has 4 heterocycles. The molecule has 3 atom stereocenters. The first kappa shape index (κ1) is 30.6. The molecule has 2 spiro atoms. The first-order valence-electron chi connectivity index (χ1n) is 16.0. The second-order valence-corrected chi connectivity index (χ2v) is 13.6. The lowest BCUT2D eigenvalue weighted by Crippen LogP contribution is -2.60. The molecular formula is C32H44N6O6. The Morgan fingerprint density at radius 2 is 1.73 bits per heavy atom. The van der Waals surface area contributed by atoms with Crippen molar-refractivity contribution >= 4 is 23.5 Å². The zero-order valence-corrected chi connectivity index (χ0v) is 26.3. The Morgan fingerprint density at radius 3 is 2.45 bits per heavy atom. The van der Waals surface area contributed by atoms with Crippen molar-refractivity contribution in [3.05, 3.63) is 30.6 Å². The largest absolute Gasteiger partial charge is 0.444 e. The molecule has 6 rings (SSSR count). The number of hydrogen-bond donors (Lipinski definition) is 0. The summed E-state index contributed by atoms with van der Waals surface area (Å²) >= 11 is 0. The quantitative estimate of drug-likeness (QED) is 0.365. The normalized spacial score (nSPS) is 27.5. The van der Waals surface area contributed by atoms with Crippen molar-refractivity contribution in [2.75, 3.05) is 37.7 Å². The molecule has 2 saturated heterocycles. The monoisotopic (exact) mass is 608 g/mol. The predicted octanol–water partition coefficient (Wildman–Crippen LogP) is 4.35. The van der Waals surface area contributed by atoms with Crippen LogP contribution in [0.2, 0.25) is 0 Å². The molecule has 2 aliphatic carbocycles. The van der Waals surface area contributed by atoms with Crippen LogP contribution < -0.4 is 4.90 Å². The fourth-order valence-electron chi connectivity index (χ4n) is 7.52. The van der Waals surface area contributed by atoms with E-state index in [1.807, 2.05) is 33.8 Å². The highest BCUT2D eigenvalue weighted by Crippen LogP contribution is 2.56. The Hall–Kier alpha value is -3.38. The Labute approximate surface area is 258 Å². The van der Waals surface area contributed by atoms with Gasteiger partial charge < -0.3 is 24.0 Å². The summed E-state index contributed by atoms with van der Waals surface area (Å²) in [6, 6.07) is 1.72. The lowest BCUT2D eigenvalue weighted by molar-refractivity contribution is -0.255. The maximum atomic E-state index is 14.4. The molecular weight excluding hydrogens is 564 g/mol. The summed E-state index contributed by atoms with van der Waals surface area (Å²) in [5.41, 5.74) is -1.41. The first-order valence-corrected chi connectivity index (χ1v) is 16.0. The molecule has 2 aromatic heterocycles. The second-order valence-electron chi connectivity index (χ2n) is 13.6. The van der Waals surface area contributed by atoms with Crippen molar-refractivity contribution in [2.24, 2.45) is 11.3 Å². The lowest BCUT2D eigenvalue weighted by atomic mass is 9.57. The van der Waals surface area contributed by atoms with Crippen LogP contribution in [0.5, 0.6) is 0 Å². The van der Waals surface area contributed by atoms with Gasteiger partial charge in [0.1, 0.15) is 23.6 Å². The van der Waals surface area contributed by atoms with Gasteiger partial charge in [-0.15, -0.1) is 0 Å². The zero-order chi connectivity index (χ0) is 31.1. The van der Waals surface area contributed by atoms with E-state index in [-0.39, 0.29) is 29.5 Å². The van der Waals surface area contributed by atoms with Crippen molar-refractivity contribution in [1.29, 1.82) is 0 Å². The van der Waals surface area contributed by atoms with E-state index >= 15 is 0 Å². The van der Waals surface area contributed by atoms with E-state index in [0.717, 1.165) is 19.3 Å². The summed E-state index contributed by atoms with van der Waals surface area (Å²) in [6.07, 6.45) is 10.4. The minimum atomic E-state index is -0.937. The number of aromatic nitrogens is 4. The Morgan fingerprint density at radius 1 is 1.00 bits per heavy atom. The smallest absolute Gasteiger partial charge is 0.410 e. The Balaban J connectivity index is 1.31. The van der Waals surface area contributed by atoms with Crippen LogP contribution in [0.4, 0.5) is 10.6 Å². The maximum Gasteiger partial charge on any atom is 0.410 e. The third-order valence-electron chi connectivity index (χ3n) is 9.52. The van der Waals surface area contributed by atoms with Crippen LogP contribution >= 0.6 is 0 Å². The molecule has 12 nitrogen and oxygen atoms in total. The number of carbonyl (C=O) groups is 3. The third-order valence-corrected chi connectivity index (χ3v) is 9.52. The number of hydrogen-bond acceptors (Lipinski definition) is 10. The topological polar surface area (TPSA) is 129 Å². The molecule has 4 aliphatic rings. The molecule has 0 bridgehead atoms. The summed E-state index contributed by atoms with van der Waals surface area (Å²) in [5, 5.41) is 0. The van der Waals surface area contributed by atoms with E-state index in [1.165, 1.54) is 0 Å². The first-order chi connectivity index (χ1) is 21.0. The molecule has 0 aromatic carbocycles. The number of fused-ring (bicyclic) bond motifs is 1. The number of ether oxygens (including phenoxy) is 3. The fraction of sp³-hybridized carbons (Fsp3) is 0.688. The average molecular weight is 609 g/mol. The molecule has 44 heavy (non-hydrogen) atoms. The third kappa shape index (κ3) is 5.62. The summed E-state index contributed by atoms with van der Waals surface area (Å²) in [5.74, 6) is -1.18. The van der Waals surface area contributed by atoms with E-state index in [1.54, 1.807) is 28.2 Å².